The van der Waals surface area contributed by atoms with Crippen LogP contribution in [0.3, 0.4) is 0 Å². The summed E-state index contributed by atoms with van der Waals surface area (Å²) in [4.78, 5) is 19.3. The van der Waals surface area contributed by atoms with Crippen molar-refractivity contribution in [1.29, 1.82) is 0 Å². The Kier molecular flexibility index (Phi) is 4.81. The molecular weight excluding hydrogens is 426 g/mol. The summed E-state index contributed by atoms with van der Waals surface area (Å²) in [6, 6.07) is 6.13. The molecule has 2 saturated carbocycles. The molecule has 1 aromatic heterocycles. The van der Waals surface area contributed by atoms with Crippen LogP contribution >= 0.6 is 11.6 Å². The van der Waals surface area contributed by atoms with Crippen molar-refractivity contribution in [3.05, 3.63) is 35.0 Å². The summed E-state index contributed by atoms with van der Waals surface area (Å²) in [6.07, 6.45) is 6.77. The van der Waals surface area contributed by atoms with Crippen LogP contribution in [0.2, 0.25) is 5.02 Å². The summed E-state index contributed by atoms with van der Waals surface area (Å²) in [5.41, 5.74) is 1.21. The molecule has 1 aromatic carbocycles. The highest BCUT2D eigenvalue weighted by molar-refractivity contribution is 6.32. The van der Waals surface area contributed by atoms with Crippen LogP contribution in [0.1, 0.15) is 50.5 Å². The number of pyridine rings is 1. The molecule has 7 heteroatoms. The number of rotatable bonds is 4. The first-order chi connectivity index (χ1) is 15.4. The highest BCUT2D eigenvalue weighted by Gasteiger charge is 2.65. The standard InChI is InChI=1S/C25H30ClN3O3/c1-24(14-32-13-21(24)30)29-6-2-15(3-7-29)18-8-16-10-22(27-12-17(16)9-20(18)26)28-23(31)19-11-25(19)4-5-25/h8-10,12,15,19,21,30H,2-7,11,13-14H2,1H3,(H,27,28,31)/t19-,21-,24+/m0/s1. The van der Waals surface area contributed by atoms with Crippen molar-refractivity contribution >= 4 is 34.1 Å². The van der Waals surface area contributed by atoms with Crippen LogP contribution in [0.25, 0.3) is 10.8 Å². The maximum Gasteiger partial charge on any atom is 0.229 e. The van der Waals surface area contributed by atoms with Gasteiger partial charge in [0.25, 0.3) is 0 Å². The molecule has 32 heavy (non-hydrogen) atoms. The number of halogens is 1. The van der Waals surface area contributed by atoms with Gasteiger partial charge < -0.3 is 15.2 Å². The number of fused-ring (bicyclic) bond motifs is 1. The van der Waals surface area contributed by atoms with Gasteiger partial charge in [-0.1, -0.05) is 11.6 Å². The highest BCUT2D eigenvalue weighted by Crippen LogP contribution is 2.70. The van der Waals surface area contributed by atoms with Gasteiger partial charge in [-0.15, -0.1) is 0 Å². The SMILES string of the molecule is C[C@@]1(N2CCC(c3cc4cc(NC(=O)[C@@H]5CC56CC6)ncc4cc3Cl)CC2)COC[C@@H]1O. The second-order valence-electron chi connectivity index (χ2n) is 10.5. The fourth-order valence-electron chi connectivity index (χ4n) is 5.87. The quantitative estimate of drug-likeness (QED) is 0.730. The zero-order valence-electron chi connectivity index (χ0n) is 18.4. The van der Waals surface area contributed by atoms with E-state index in [1.54, 1.807) is 6.20 Å². The third-order valence-corrected chi connectivity index (χ3v) is 8.86. The Hall–Kier alpha value is -1.73. The van der Waals surface area contributed by atoms with Crippen molar-refractivity contribution in [3.8, 4) is 0 Å². The Bertz CT molecular complexity index is 1080. The number of nitrogens with one attached hydrogen (secondary N) is 1. The molecule has 2 N–H and O–H groups in total. The Balaban J connectivity index is 1.18. The molecule has 0 radical (unpaired) electrons. The molecule has 6 nitrogen and oxygen atoms in total. The number of amides is 1. The summed E-state index contributed by atoms with van der Waals surface area (Å²) in [7, 11) is 0. The number of hydrogen-bond acceptors (Lipinski definition) is 5. The van der Waals surface area contributed by atoms with E-state index < -0.39 is 6.10 Å². The molecule has 1 spiro atoms. The van der Waals surface area contributed by atoms with Crippen molar-refractivity contribution in [1.82, 2.24) is 9.88 Å². The number of carbonyl (C=O) groups excluding carboxylic acids is 1. The average molecular weight is 456 g/mol. The van der Waals surface area contributed by atoms with Crippen molar-refractivity contribution in [3.63, 3.8) is 0 Å². The molecule has 6 rings (SSSR count). The summed E-state index contributed by atoms with van der Waals surface area (Å²) in [5, 5.41) is 16.2. The van der Waals surface area contributed by atoms with Crippen LogP contribution in [0.4, 0.5) is 5.82 Å². The molecule has 4 aliphatic rings. The zero-order valence-corrected chi connectivity index (χ0v) is 19.2. The Morgan fingerprint density at radius 1 is 1.25 bits per heavy atom. The van der Waals surface area contributed by atoms with Gasteiger partial charge in [0.05, 0.1) is 24.9 Å². The molecule has 0 unspecified atom stereocenters. The maximum absolute atomic E-state index is 12.5. The minimum absolute atomic E-state index is 0.113. The normalized spacial score (nSPS) is 31.8. The Morgan fingerprint density at radius 3 is 2.69 bits per heavy atom. The predicted molar refractivity (Wildman–Crippen MR) is 124 cm³/mol. The van der Waals surface area contributed by atoms with E-state index in [0.717, 1.165) is 53.7 Å². The van der Waals surface area contributed by atoms with E-state index in [4.69, 9.17) is 16.3 Å². The molecule has 4 fully saturated rings. The van der Waals surface area contributed by atoms with Crippen LogP contribution in [0, 0.1) is 11.3 Å². The zero-order chi connectivity index (χ0) is 22.1. The van der Waals surface area contributed by atoms with Crippen LogP contribution in [0.5, 0.6) is 0 Å². The number of hydrogen-bond donors (Lipinski definition) is 2. The van der Waals surface area contributed by atoms with Gasteiger partial charge in [-0.3, -0.25) is 9.69 Å². The molecule has 2 aliphatic heterocycles. The van der Waals surface area contributed by atoms with Crippen molar-refractivity contribution in [2.45, 2.75) is 56.6 Å². The molecule has 2 aromatic rings. The number of anilines is 1. The highest BCUT2D eigenvalue weighted by atomic mass is 35.5. The van der Waals surface area contributed by atoms with Gasteiger partial charge in [0, 0.05) is 22.5 Å². The van der Waals surface area contributed by atoms with E-state index in [1.807, 2.05) is 12.1 Å². The number of aliphatic hydroxyl groups is 1. The number of aliphatic hydroxyl groups excluding tert-OH is 1. The monoisotopic (exact) mass is 455 g/mol. The van der Waals surface area contributed by atoms with Crippen LogP contribution in [-0.2, 0) is 9.53 Å². The van der Waals surface area contributed by atoms with Crippen molar-refractivity contribution in [2.75, 3.05) is 31.6 Å². The first kappa shape index (κ1) is 20.8. The minimum Gasteiger partial charge on any atom is -0.389 e. The Morgan fingerprint density at radius 2 is 2.03 bits per heavy atom. The van der Waals surface area contributed by atoms with Gasteiger partial charge in [-0.2, -0.15) is 0 Å². The number of nitrogens with zero attached hydrogens (tertiary/aromatic N) is 2. The largest absolute Gasteiger partial charge is 0.389 e. The van der Waals surface area contributed by atoms with Gasteiger partial charge in [0.1, 0.15) is 5.82 Å². The summed E-state index contributed by atoms with van der Waals surface area (Å²) < 4.78 is 5.53. The molecule has 170 valence electrons. The lowest BCUT2D eigenvalue weighted by atomic mass is 9.85. The third-order valence-electron chi connectivity index (χ3n) is 8.53. The van der Waals surface area contributed by atoms with Crippen molar-refractivity contribution < 1.29 is 14.6 Å². The van der Waals surface area contributed by atoms with Crippen LogP contribution < -0.4 is 5.32 Å². The number of carbonyl (C=O) groups is 1. The molecular formula is C25H30ClN3O3. The van der Waals surface area contributed by atoms with Gasteiger partial charge in [-0.05, 0) is 92.6 Å². The lowest BCUT2D eigenvalue weighted by Gasteiger charge is -2.43. The van der Waals surface area contributed by atoms with E-state index in [2.05, 4.69) is 28.2 Å². The van der Waals surface area contributed by atoms with Crippen LogP contribution in [0.15, 0.2) is 24.4 Å². The fourth-order valence-corrected chi connectivity index (χ4v) is 6.19. The lowest BCUT2D eigenvalue weighted by Crippen LogP contribution is -2.56. The predicted octanol–water partition coefficient (Wildman–Crippen LogP) is 3.96. The topological polar surface area (TPSA) is 74.7 Å². The summed E-state index contributed by atoms with van der Waals surface area (Å²) >= 11 is 6.69. The van der Waals surface area contributed by atoms with E-state index in [0.29, 0.717) is 30.4 Å². The number of likely N-dealkylation sites (tertiary alicyclic amines) is 1. The van der Waals surface area contributed by atoms with E-state index >= 15 is 0 Å². The van der Waals surface area contributed by atoms with E-state index in [9.17, 15) is 9.90 Å². The van der Waals surface area contributed by atoms with Crippen molar-refractivity contribution in [2.24, 2.45) is 11.3 Å². The maximum atomic E-state index is 12.5. The number of ether oxygens (including phenoxy) is 1. The second-order valence-corrected chi connectivity index (χ2v) is 11.0. The minimum atomic E-state index is -0.435. The van der Waals surface area contributed by atoms with Gasteiger partial charge in [-0.25, -0.2) is 4.98 Å². The average Bonchev–Trinajstić information content (AvgIpc) is 3.70. The molecule has 2 saturated heterocycles. The lowest BCUT2D eigenvalue weighted by molar-refractivity contribution is -0.117. The smallest absolute Gasteiger partial charge is 0.229 e. The number of piperidine rings is 1. The van der Waals surface area contributed by atoms with E-state index in [-0.39, 0.29) is 17.4 Å². The molecule has 2 aliphatic carbocycles. The number of benzene rings is 1. The van der Waals surface area contributed by atoms with Gasteiger partial charge in [0.15, 0.2) is 0 Å². The first-order valence-electron chi connectivity index (χ1n) is 11.8. The van der Waals surface area contributed by atoms with Gasteiger partial charge in [0.2, 0.25) is 5.91 Å². The van der Waals surface area contributed by atoms with Crippen LogP contribution in [-0.4, -0.2) is 58.8 Å². The second kappa shape index (κ2) is 7.39. The molecule has 3 heterocycles. The molecule has 3 atom stereocenters. The third kappa shape index (κ3) is 3.43. The van der Waals surface area contributed by atoms with E-state index in [1.165, 1.54) is 12.8 Å². The fraction of sp³-hybridized carbons (Fsp3) is 0.600. The molecule has 0 bridgehead atoms. The summed E-state index contributed by atoms with van der Waals surface area (Å²) in [5.74, 6) is 1.29. The number of aromatic nitrogens is 1. The summed E-state index contributed by atoms with van der Waals surface area (Å²) in [6.45, 7) is 4.93. The Labute approximate surface area is 193 Å². The first-order valence-corrected chi connectivity index (χ1v) is 12.2. The molecule has 1 amide bonds. The van der Waals surface area contributed by atoms with Gasteiger partial charge >= 0.3 is 0 Å².